The fourth-order valence-electron chi connectivity index (χ4n) is 3.87. The number of hydrogen-bond donors (Lipinski definition) is 2. The number of hydrogen-bond acceptors (Lipinski definition) is 3. The average Bonchev–Trinajstić information content (AvgIpc) is 3.04. The number of aromatic hydroxyl groups is 1. The van der Waals surface area contributed by atoms with E-state index < -0.39 is 0 Å². The molecule has 116 valence electrons. The van der Waals surface area contributed by atoms with Crippen LogP contribution in [0.25, 0.3) is 0 Å². The van der Waals surface area contributed by atoms with E-state index in [9.17, 15) is 9.90 Å². The molecule has 2 aromatic rings. The molecule has 2 N–H and O–H groups in total. The van der Waals surface area contributed by atoms with Crippen molar-refractivity contribution in [3.8, 4) is 5.75 Å². The zero-order valence-electron chi connectivity index (χ0n) is 13.0. The Kier molecular flexibility index (Phi) is 3.22. The zero-order chi connectivity index (χ0) is 16.0. The number of ketones is 1. The van der Waals surface area contributed by atoms with Gasteiger partial charge in [0.15, 0.2) is 5.78 Å². The third-order valence-corrected chi connectivity index (χ3v) is 5.04. The van der Waals surface area contributed by atoms with E-state index in [1.807, 2.05) is 36.4 Å². The molecule has 0 spiro atoms. The van der Waals surface area contributed by atoms with E-state index in [-0.39, 0.29) is 17.7 Å². The summed E-state index contributed by atoms with van der Waals surface area (Å²) < 4.78 is 0. The zero-order valence-corrected chi connectivity index (χ0v) is 13.0. The van der Waals surface area contributed by atoms with Crippen molar-refractivity contribution in [2.24, 2.45) is 5.92 Å². The molecular weight excluding hydrogens is 286 g/mol. The van der Waals surface area contributed by atoms with Gasteiger partial charge in [-0.3, -0.25) is 4.79 Å². The number of anilines is 1. The SMILES string of the molecule is CC(=O)c1ccc2c(c1)C1C=CCC1C(c1ccccc1O)N2. The Morgan fingerprint density at radius 2 is 2.00 bits per heavy atom. The summed E-state index contributed by atoms with van der Waals surface area (Å²) in [4.78, 5) is 11.7. The first-order valence-corrected chi connectivity index (χ1v) is 8.01. The topological polar surface area (TPSA) is 49.3 Å². The predicted octanol–water partition coefficient (Wildman–Crippen LogP) is 4.42. The number of nitrogens with one attached hydrogen (secondary N) is 1. The highest BCUT2D eigenvalue weighted by molar-refractivity contribution is 5.95. The Bertz CT molecular complexity index is 809. The van der Waals surface area contributed by atoms with Gasteiger partial charge in [-0.25, -0.2) is 0 Å². The number of carbonyl (C=O) groups is 1. The van der Waals surface area contributed by atoms with Gasteiger partial charge in [-0.15, -0.1) is 0 Å². The Balaban J connectivity index is 1.81. The smallest absolute Gasteiger partial charge is 0.159 e. The fourth-order valence-corrected chi connectivity index (χ4v) is 3.87. The van der Waals surface area contributed by atoms with E-state index in [4.69, 9.17) is 0 Å². The van der Waals surface area contributed by atoms with E-state index in [1.54, 1.807) is 13.0 Å². The Morgan fingerprint density at radius 1 is 1.17 bits per heavy atom. The Morgan fingerprint density at radius 3 is 2.78 bits per heavy atom. The molecule has 3 nitrogen and oxygen atoms in total. The molecule has 2 aliphatic rings. The highest BCUT2D eigenvalue weighted by atomic mass is 16.3. The molecule has 0 fully saturated rings. The minimum atomic E-state index is 0.0758. The highest BCUT2D eigenvalue weighted by Gasteiger charge is 2.38. The van der Waals surface area contributed by atoms with Crippen molar-refractivity contribution < 1.29 is 9.90 Å². The lowest BCUT2D eigenvalue weighted by Crippen LogP contribution is -2.29. The van der Waals surface area contributed by atoms with E-state index in [0.29, 0.717) is 11.7 Å². The molecule has 1 aliphatic heterocycles. The van der Waals surface area contributed by atoms with Crippen molar-refractivity contribution in [1.29, 1.82) is 0 Å². The molecule has 0 amide bonds. The van der Waals surface area contributed by atoms with Crippen LogP contribution in [-0.4, -0.2) is 10.9 Å². The van der Waals surface area contributed by atoms with Gasteiger partial charge in [0, 0.05) is 22.7 Å². The summed E-state index contributed by atoms with van der Waals surface area (Å²) in [5, 5.41) is 13.8. The number of allylic oxidation sites excluding steroid dienone is 2. The predicted molar refractivity (Wildman–Crippen MR) is 90.9 cm³/mol. The van der Waals surface area contributed by atoms with Gasteiger partial charge < -0.3 is 10.4 Å². The molecule has 0 saturated heterocycles. The molecule has 1 heterocycles. The number of phenolic OH excluding ortho intramolecular Hbond substituents is 1. The summed E-state index contributed by atoms with van der Waals surface area (Å²) in [5.74, 6) is 1.07. The molecule has 1 aliphatic carbocycles. The first-order valence-electron chi connectivity index (χ1n) is 8.01. The lowest BCUT2D eigenvalue weighted by molar-refractivity contribution is 0.101. The van der Waals surface area contributed by atoms with Crippen LogP contribution in [0.4, 0.5) is 5.69 Å². The van der Waals surface area contributed by atoms with Crippen molar-refractivity contribution in [3.63, 3.8) is 0 Å². The maximum absolute atomic E-state index is 11.7. The maximum atomic E-state index is 11.7. The van der Waals surface area contributed by atoms with E-state index >= 15 is 0 Å². The van der Waals surface area contributed by atoms with Crippen LogP contribution in [0, 0.1) is 5.92 Å². The van der Waals surface area contributed by atoms with Gasteiger partial charge in [-0.1, -0.05) is 30.4 Å². The second kappa shape index (κ2) is 5.27. The maximum Gasteiger partial charge on any atom is 0.159 e. The van der Waals surface area contributed by atoms with Gasteiger partial charge >= 0.3 is 0 Å². The van der Waals surface area contributed by atoms with Crippen molar-refractivity contribution in [1.82, 2.24) is 0 Å². The summed E-state index contributed by atoms with van der Waals surface area (Å²) in [6, 6.07) is 13.5. The normalized spacial score (nSPS) is 24.7. The molecular formula is C20H19NO2. The first kappa shape index (κ1) is 14.1. The third-order valence-electron chi connectivity index (χ3n) is 5.04. The molecule has 0 aromatic heterocycles. The summed E-state index contributed by atoms with van der Waals surface area (Å²) in [6.07, 6.45) is 5.42. The fraction of sp³-hybridized carbons (Fsp3) is 0.250. The number of carbonyl (C=O) groups excluding carboxylic acids is 1. The van der Waals surface area contributed by atoms with Crippen molar-refractivity contribution >= 4 is 11.5 Å². The minimum absolute atomic E-state index is 0.0758. The molecule has 3 atom stereocenters. The molecule has 0 radical (unpaired) electrons. The molecule has 3 unspecified atom stereocenters. The Hall–Kier alpha value is -2.55. The van der Waals surface area contributed by atoms with Gasteiger partial charge in [0.05, 0.1) is 6.04 Å². The first-order chi connectivity index (χ1) is 11.1. The van der Waals surface area contributed by atoms with E-state index in [0.717, 1.165) is 23.2 Å². The van der Waals surface area contributed by atoms with Crippen molar-refractivity contribution in [2.75, 3.05) is 5.32 Å². The summed E-state index contributed by atoms with van der Waals surface area (Å²) in [6.45, 7) is 1.60. The lowest BCUT2D eigenvalue weighted by Gasteiger charge is -2.37. The lowest BCUT2D eigenvalue weighted by atomic mass is 9.76. The van der Waals surface area contributed by atoms with Crippen LogP contribution in [0.3, 0.4) is 0 Å². The Labute approximate surface area is 135 Å². The van der Waals surface area contributed by atoms with E-state index in [1.165, 1.54) is 5.56 Å². The van der Waals surface area contributed by atoms with Crippen molar-refractivity contribution in [2.45, 2.75) is 25.3 Å². The van der Waals surface area contributed by atoms with Crippen LogP contribution in [0.15, 0.2) is 54.6 Å². The minimum Gasteiger partial charge on any atom is -0.508 e. The monoisotopic (exact) mass is 305 g/mol. The van der Waals surface area contributed by atoms with Crippen LogP contribution in [0.5, 0.6) is 5.75 Å². The van der Waals surface area contributed by atoms with Crippen molar-refractivity contribution in [3.05, 3.63) is 71.3 Å². The van der Waals surface area contributed by atoms with Crippen LogP contribution in [0.2, 0.25) is 0 Å². The van der Waals surface area contributed by atoms with Gasteiger partial charge in [0.1, 0.15) is 5.75 Å². The van der Waals surface area contributed by atoms with E-state index in [2.05, 4.69) is 17.5 Å². The number of fused-ring (bicyclic) bond motifs is 3. The van der Waals surface area contributed by atoms with Crippen LogP contribution in [0.1, 0.15) is 46.8 Å². The third kappa shape index (κ3) is 2.24. The van der Waals surface area contributed by atoms with Gasteiger partial charge in [-0.05, 0) is 49.1 Å². The largest absolute Gasteiger partial charge is 0.508 e. The molecule has 0 saturated carbocycles. The summed E-state index contributed by atoms with van der Waals surface area (Å²) >= 11 is 0. The average molecular weight is 305 g/mol. The van der Waals surface area contributed by atoms with Gasteiger partial charge in [0.2, 0.25) is 0 Å². The summed E-state index contributed by atoms with van der Waals surface area (Å²) in [7, 11) is 0. The highest BCUT2D eigenvalue weighted by Crippen LogP contribution is 2.51. The number of rotatable bonds is 2. The second-order valence-electron chi connectivity index (χ2n) is 6.39. The number of Topliss-reactive ketones (excluding diaryl/α,β-unsaturated/α-hetero) is 1. The molecule has 2 aromatic carbocycles. The van der Waals surface area contributed by atoms with Crippen LogP contribution >= 0.6 is 0 Å². The van der Waals surface area contributed by atoms with Crippen LogP contribution < -0.4 is 5.32 Å². The summed E-state index contributed by atoms with van der Waals surface area (Å²) in [5.41, 5.74) is 3.93. The molecule has 3 heteroatoms. The van der Waals surface area contributed by atoms with Gasteiger partial charge in [-0.2, -0.15) is 0 Å². The molecule has 4 rings (SSSR count). The number of para-hydroxylation sites is 1. The number of benzene rings is 2. The van der Waals surface area contributed by atoms with Gasteiger partial charge in [0.25, 0.3) is 0 Å². The van der Waals surface area contributed by atoms with Crippen LogP contribution in [-0.2, 0) is 0 Å². The number of phenols is 1. The standard InChI is InChI=1S/C20H19NO2/c1-12(22)13-9-10-18-17(11-13)14-6-4-7-15(14)20(21-18)16-5-2-3-8-19(16)23/h2-6,8-11,14-15,20-21,23H,7H2,1H3. The molecule has 0 bridgehead atoms. The quantitative estimate of drug-likeness (QED) is 0.638. The second-order valence-corrected chi connectivity index (χ2v) is 6.39. The molecule has 23 heavy (non-hydrogen) atoms.